The predicted molar refractivity (Wildman–Crippen MR) is 74.0 cm³/mol. The molecular weight excluding hydrogens is 224 g/mol. The lowest BCUT2D eigenvalue weighted by molar-refractivity contribution is 0.572. The van der Waals surface area contributed by atoms with Crippen LogP contribution in [0.4, 0.5) is 5.82 Å². The number of aromatic nitrogens is 2. The molecule has 1 aliphatic heterocycles. The van der Waals surface area contributed by atoms with Crippen molar-refractivity contribution in [3.8, 4) is 0 Å². The van der Waals surface area contributed by atoms with Crippen molar-refractivity contribution in [3.05, 3.63) is 30.1 Å². The summed E-state index contributed by atoms with van der Waals surface area (Å²) in [4.78, 5) is 7.21. The molecule has 0 spiro atoms. The standard InChI is InChI=1S/C14H20N4/c15-8-7-12-14(17-9-3-1-4-10-17)16-13-6-2-5-11-18(12)13/h2,5-6,11H,1,3-4,7-10,15H2. The van der Waals surface area contributed by atoms with Crippen molar-refractivity contribution in [2.24, 2.45) is 5.73 Å². The number of fused-ring (bicyclic) bond motifs is 1. The van der Waals surface area contributed by atoms with Gasteiger partial charge in [0.2, 0.25) is 0 Å². The molecule has 0 radical (unpaired) electrons. The Labute approximate surface area is 107 Å². The first kappa shape index (κ1) is 11.5. The Hall–Kier alpha value is -1.55. The van der Waals surface area contributed by atoms with E-state index in [0.29, 0.717) is 6.54 Å². The van der Waals surface area contributed by atoms with E-state index in [4.69, 9.17) is 10.7 Å². The summed E-state index contributed by atoms with van der Waals surface area (Å²) in [6.45, 7) is 2.92. The molecule has 3 heterocycles. The molecule has 0 unspecified atom stereocenters. The fourth-order valence-corrected chi connectivity index (χ4v) is 2.76. The van der Waals surface area contributed by atoms with E-state index in [-0.39, 0.29) is 0 Å². The van der Waals surface area contributed by atoms with E-state index >= 15 is 0 Å². The fraction of sp³-hybridized carbons (Fsp3) is 0.500. The van der Waals surface area contributed by atoms with Gasteiger partial charge in [-0.05, 0) is 37.9 Å². The molecule has 4 heteroatoms. The molecule has 18 heavy (non-hydrogen) atoms. The highest BCUT2D eigenvalue weighted by Crippen LogP contribution is 2.25. The number of nitrogens with two attached hydrogens (primary N) is 1. The third kappa shape index (κ3) is 1.97. The van der Waals surface area contributed by atoms with Gasteiger partial charge in [-0.15, -0.1) is 0 Å². The largest absolute Gasteiger partial charge is 0.355 e. The molecule has 2 aromatic rings. The van der Waals surface area contributed by atoms with E-state index in [1.54, 1.807) is 0 Å². The quantitative estimate of drug-likeness (QED) is 0.896. The third-order valence-electron chi connectivity index (χ3n) is 3.64. The van der Waals surface area contributed by atoms with Crippen LogP contribution in [0.2, 0.25) is 0 Å². The predicted octanol–water partition coefficient (Wildman–Crippen LogP) is 1.83. The van der Waals surface area contributed by atoms with Crippen LogP contribution >= 0.6 is 0 Å². The normalized spacial score (nSPS) is 16.4. The molecule has 0 atom stereocenters. The van der Waals surface area contributed by atoms with Gasteiger partial charge in [0.1, 0.15) is 5.65 Å². The number of rotatable bonds is 3. The topological polar surface area (TPSA) is 46.6 Å². The zero-order valence-corrected chi connectivity index (χ0v) is 10.7. The van der Waals surface area contributed by atoms with Crippen molar-refractivity contribution < 1.29 is 0 Å². The van der Waals surface area contributed by atoms with Gasteiger partial charge in [0.25, 0.3) is 0 Å². The summed E-state index contributed by atoms with van der Waals surface area (Å²) < 4.78 is 2.18. The molecule has 1 saturated heterocycles. The maximum Gasteiger partial charge on any atom is 0.151 e. The van der Waals surface area contributed by atoms with E-state index in [2.05, 4.69) is 27.6 Å². The van der Waals surface area contributed by atoms with Crippen LogP contribution in [0.3, 0.4) is 0 Å². The maximum absolute atomic E-state index is 5.75. The zero-order chi connectivity index (χ0) is 12.4. The van der Waals surface area contributed by atoms with Crippen molar-refractivity contribution >= 4 is 11.5 Å². The van der Waals surface area contributed by atoms with E-state index in [1.807, 2.05) is 6.07 Å². The third-order valence-corrected chi connectivity index (χ3v) is 3.64. The van der Waals surface area contributed by atoms with E-state index < -0.39 is 0 Å². The second-order valence-corrected chi connectivity index (χ2v) is 4.90. The molecule has 0 aromatic carbocycles. The molecule has 1 aliphatic rings. The number of anilines is 1. The van der Waals surface area contributed by atoms with Crippen LogP contribution < -0.4 is 10.6 Å². The summed E-state index contributed by atoms with van der Waals surface area (Å²) in [6, 6.07) is 6.15. The molecule has 2 N–H and O–H groups in total. The van der Waals surface area contributed by atoms with Crippen LogP contribution in [0, 0.1) is 0 Å². The van der Waals surface area contributed by atoms with Gasteiger partial charge in [-0.1, -0.05) is 6.07 Å². The van der Waals surface area contributed by atoms with Crippen molar-refractivity contribution in [1.29, 1.82) is 0 Å². The lowest BCUT2D eigenvalue weighted by atomic mass is 10.1. The van der Waals surface area contributed by atoms with Gasteiger partial charge in [0, 0.05) is 25.7 Å². The Balaban J connectivity index is 2.05. The smallest absolute Gasteiger partial charge is 0.151 e. The maximum atomic E-state index is 5.75. The molecule has 3 rings (SSSR count). The second-order valence-electron chi connectivity index (χ2n) is 4.90. The summed E-state index contributed by atoms with van der Waals surface area (Å²) in [5.41, 5.74) is 8.04. The second kappa shape index (κ2) is 4.98. The van der Waals surface area contributed by atoms with Gasteiger partial charge < -0.3 is 15.0 Å². The molecule has 2 aromatic heterocycles. The van der Waals surface area contributed by atoms with Crippen LogP contribution in [-0.4, -0.2) is 29.0 Å². The van der Waals surface area contributed by atoms with Crippen LogP contribution in [0.25, 0.3) is 5.65 Å². The average molecular weight is 244 g/mol. The summed E-state index contributed by atoms with van der Waals surface area (Å²) in [5, 5.41) is 0. The van der Waals surface area contributed by atoms with Crippen LogP contribution in [0.5, 0.6) is 0 Å². The lowest BCUT2D eigenvalue weighted by Crippen LogP contribution is -2.30. The lowest BCUT2D eigenvalue weighted by Gasteiger charge is -2.27. The van der Waals surface area contributed by atoms with E-state index in [9.17, 15) is 0 Å². The van der Waals surface area contributed by atoms with Gasteiger partial charge in [-0.25, -0.2) is 4.98 Å². The van der Waals surface area contributed by atoms with Crippen LogP contribution in [-0.2, 0) is 6.42 Å². The first-order valence-electron chi connectivity index (χ1n) is 6.81. The monoisotopic (exact) mass is 244 g/mol. The van der Waals surface area contributed by atoms with Gasteiger partial charge in [-0.2, -0.15) is 0 Å². The Morgan fingerprint density at radius 2 is 2.00 bits per heavy atom. The molecule has 1 fully saturated rings. The number of pyridine rings is 1. The van der Waals surface area contributed by atoms with Gasteiger partial charge in [-0.3, -0.25) is 0 Å². The average Bonchev–Trinajstić information content (AvgIpc) is 2.80. The summed E-state index contributed by atoms with van der Waals surface area (Å²) in [6.07, 6.45) is 6.86. The first-order chi connectivity index (χ1) is 8.90. The molecule has 0 amide bonds. The Morgan fingerprint density at radius 3 is 2.78 bits per heavy atom. The number of hydrogen-bond donors (Lipinski definition) is 1. The molecular formula is C14H20N4. The Bertz CT molecular complexity index is 526. The van der Waals surface area contributed by atoms with E-state index in [0.717, 1.165) is 31.0 Å². The highest BCUT2D eigenvalue weighted by Gasteiger charge is 2.19. The van der Waals surface area contributed by atoms with Gasteiger partial charge in [0.15, 0.2) is 5.82 Å². The minimum atomic E-state index is 0.670. The molecule has 0 saturated carbocycles. The van der Waals surface area contributed by atoms with Crippen molar-refractivity contribution in [1.82, 2.24) is 9.38 Å². The summed E-state index contributed by atoms with van der Waals surface area (Å²) in [7, 11) is 0. The van der Waals surface area contributed by atoms with Crippen LogP contribution in [0.15, 0.2) is 24.4 Å². The molecule has 0 bridgehead atoms. The SMILES string of the molecule is NCCc1c(N2CCCCC2)nc2ccccn12. The fourth-order valence-electron chi connectivity index (χ4n) is 2.76. The van der Waals surface area contributed by atoms with Gasteiger partial charge in [0.05, 0.1) is 5.69 Å². The van der Waals surface area contributed by atoms with Crippen molar-refractivity contribution in [2.45, 2.75) is 25.7 Å². The number of nitrogens with zero attached hydrogens (tertiary/aromatic N) is 3. The number of imidazole rings is 1. The van der Waals surface area contributed by atoms with Crippen molar-refractivity contribution in [2.75, 3.05) is 24.5 Å². The minimum absolute atomic E-state index is 0.670. The first-order valence-corrected chi connectivity index (χ1v) is 6.81. The zero-order valence-electron chi connectivity index (χ0n) is 10.7. The molecule has 96 valence electrons. The Morgan fingerprint density at radius 1 is 1.17 bits per heavy atom. The molecule has 4 nitrogen and oxygen atoms in total. The number of piperidine rings is 1. The molecule has 0 aliphatic carbocycles. The summed E-state index contributed by atoms with van der Waals surface area (Å²) in [5.74, 6) is 1.14. The van der Waals surface area contributed by atoms with Crippen molar-refractivity contribution in [3.63, 3.8) is 0 Å². The highest BCUT2D eigenvalue weighted by molar-refractivity contribution is 5.56. The minimum Gasteiger partial charge on any atom is -0.355 e. The van der Waals surface area contributed by atoms with Crippen LogP contribution in [0.1, 0.15) is 25.0 Å². The summed E-state index contributed by atoms with van der Waals surface area (Å²) >= 11 is 0. The highest BCUT2D eigenvalue weighted by atomic mass is 15.2. The number of hydrogen-bond acceptors (Lipinski definition) is 3. The van der Waals surface area contributed by atoms with E-state index in [1.165, 1.54) is 25.0 Å². The van der Waals surface area contributed by atoms with Gasteiger partial charge >= 0.3 is 0 Å². The Kier molecular flexibility index (Phi) is 3.19.